The van der Waals surface area contributed by atoms with Crippen molar-refractivity contribution >= 4 is 11.8 Å². The summed E-state index contributed by atoms with van der Waals surface area (Å²) in [6, 6.07) is -0.757. The van der Waals surface area contributed by atoms with E-state index in [0.717, 1.165) is 12.8 Å². The third-order valence-electron chi connectivity index (χ3n) is 1.80. The molecule has 0 rings (SSSR count). The van der Waals surface area contributed by atoms with E-state index >= 15 is 0 Å². The number of nitrogens with two attached hydrogens (primary N) is 2. The van der Waals surface area contributed by atoms with E-state index in [2.05, 4.69) is 10.4 Å². The van der Waals surface area contributed by atoms with Crippen LogP contribution in [0.1, 0.15) is 26.2 Å². The van der Waals surface area contributed by atoms with Gasteiger partial charge in [0.15, 0.2) is 0 Å². The summed E-state index contributed by atoms with van der Waals surface area (Å²) >= 11 is 0. The third-order valence-corrected chi connectivity index (χ3v) is 1.80. The molecule has 1 atom stereocenters. The lowest BCUT2D eigenvalue weighted by atomic mass is 10.1. The van der Waals surface area contributed by atoms with Gasteiger partial charge >= 0.3 is 5.97 Å². The van der Waals surface area contributed by atoms with Gasteiger partial charge in [0.1, 0.15) is 11.9 Å². The summed E-state index contributed by atoms with van der Waals surface area (Å²) in [6.07, 6.45) is 2.06. The second kappa shape index (κ2) is 7.28. The molecule has 6 N–H and O–H groups in total. The highest BCUT2D eigenvalue weighted by molar-refractivity contribution is 5.78. The molecule has 0 aromatic carbocycles. The van der Waals surface area contributed by atoms with Crippen molar-refractivity contribution in [1.82, 2.24) is 5.43 Å². The minimum absolute atomic E-state index is 0.486. The molecular weight excluding hydrogens is 184 g/mol. The molecule has 0 fully saturated rings. The van der Waals surface area contributed by atoms with Gasteiger partial charge in [0, 0.05) is 6.54 Å². The third kappa shape index (κ3) is 6.38. The summed E-state index contributed by atoms with van der Waals surface area (Å²) in [5, 5.41) is 8.49. The van der Waals surface area contributed by atoms with Crippen molar-refractivity contribution in [1.29, 1.82) is 0 Å². The highest BCUT2D eigenvalue weighted by Gasteiger charge is 2.09. The van der Waals surface area contributed by atoms with Gasteiger partial charge < -0.3 is 16.3 Å². The monoisotopic (exact) mass is 202 g/mol. The van der Waals surface area contributed by atoms with Crippen LogP contribution in [0.5, 0.6) is 0 Å². The number of hydrogen-bond donors (Lipinski definition) is 4. The Bertz CT molecular complexity index is 206. The van der Waals surface area contributed by atoms with Crippen LogP contribution < -0.4 is 17.0 Å². The number of carboxylic acid groups (broad SMARTS) is 1. The fourth-order valence-electron chi connectivity index (χ4n) is 0.892. The Kier molecular flexibility index (Phi) is 6.69. The zero-order valence-corrected chi connectivity index (χ0v) is 8.36. The molecule has 0 aliphatic rings. The van der Waals surface area contributed by atoms with Crippen LogP contribution in [0.4, 0.5) is 0 Å². The maximum absolute atomic E-state index is 10.3. The molecule has 0 amide bonds. The van der Waals surface area contributed by atoms with Crippen LogP contribution in [0.3, 0.4) is 0 Å². The number of carbonyl (C=O) groups is 1. The van der Waals surface area contributed by atoms with Gasteiger partial charge in [-0.25, -0.2) is 5.84 Å². The highest BCUT2D eigenvalue weighted by Crippen LogP contribution is 1.99. The molecule has 0 spiro atoms. The Hall–Kier alpha value is -1.14. The van der Waals surface area contributed by atoms with Gasteiger partial charge in [0.05, 0.1) is 0 Å². The van der Waals surface area contributed by atoms with Gasteiger partial charge in [-0.2, -0.15) is 0 Å². The fraction of sp³-hybridized carbons (Fsp3) is 0.750. The normalized spacial score (nSPS) is 13.8. The van der Waals surface area contributed by atoms with E-state index in [-0.39, 0.29) is 0 Å². The van der Waals surface area contributed by atoms with Gasteiger partial charge in [0.2, 0.25) is 0 Å². The summed E-state index contributed by atoms with van der Waals surface area (Å²) in [5.41, 5.74) is 7.73. The van der Waals surface area contributed by atoms with Gasteiger partial charge in [-0.15, -0.1) is 0 Å². The Morgan fingerprint density at radius 1 is 1.57 bits per heavy atom. The molecule has 14 heavy (non-hydrogen) atoms. The molecular formula is C8H18N4O2. The van der Waals surface area contributed by atoms with E-state index in [1.807, 2.05) is 0 Å². The number of hydrazine groups is 1. The van der Waals surface area contributed by atoms with Crippen LogP contribution in [-0.2, 0) is 4.79 Å². The molecule has 82 valence electrons. The number of unbranched alkanes of at least 4 members (excludes halogenated alkanes) is 1. The van der Waals surface area contributed by atoms with E-state index in [9.17, 15) is 4.79 Å². The van der Waals surface area contributed by atoms with Crippen LogP contribution >= 0.6 is 0 Å². The molecule has 0 aliphatic heterocycles. The van der Waals surface area contributed by atoms with E-state index in [1.165, 1.54) is 0 Å². The zero-order chi connectivity index (χ0) is 11.0. The average Bonchev–Trinajstić information content (AvgIpc) is 2.16. The van der Waals surface area contributed by atoms with Crippen molar-refractivity contribution in [3.8, 4) is 0 Å². The molecule has 0 radical (unpaired) electrons. The summed E-state index contributed by atoms with van der Waals surface area (Å²) < 4.78 is 0. The number of nitrogens with one attached hydrogen (secondary N) is 1. The molecule has 0 unspecified atom stereocenters. The summed E-state index contributed by atoms with van der Waals surface area (Å²) in [4.78, 5) is 14.4. The minimum atomic E-state index is -0.951. The van der Waals surface area contributed by atoms with Crippen LogP contribution in [0.15, 0.2) is 4.99 Å². The smallest absolute Gasteiger partial charge is 0.320 e. The maximum Gasteiger partial charge on any atom is 0.320 e. The summed E-state index contributed by atoms with van der Waals surface area (Å²) in [6.45, 7) is 2.41. The SMILES string of the molecule is CC(=NCCCC[C@H](N)C(=O)O)NN. The topological polar surface area (TPSA) is 114 Å². The predicted molar refractivity (Wildman–Crippen MR) is 54.8 cm³/mol. The molecule has 0 bridgehead atoms. The molecule has 6 heteroatoms. The van der Waals surface area contributed by atoms with Gasteiger partial charge in [0.25, 0.3) is 0 Å². The van der Waals surface area contributed by atoms with Crippen LogP contribution in [0, 0.1) is 0 Å². The molecule has 0 saturated carbocycles. The van der Waals surface area contributed by atoms with Crippen molar-refractivity contribution < 1.29 is 9.90 Å². The number of aliphatic carboxylic acids is 1. The van der Waals surface area contributed by atoms with Gasteiger partial charge in [-0.05, 0) is 26.2 Å². The standard InChI is InChI=1S/C8H18N4O2/c1-6(12-10)11-5-3-2-4-7(9)8(13)14/h7H,2-5,9-10H2,1H3,(H,11,12)(H,13,14)/t7-/m0/s1. The number of hydrogen-bond acceptors (Lipinski definition) is 4. The highest BCUT2D eigenvalue weighted by atomic mass is 16.4. The molecule has 6 nitrogen and oxygen atoms in total. The number of amidine groups is 1. The number of carboxylic acids is 1. The molecule has 0 aliphatic carbocycles. The Morgan fingerprint density at radius 3 is 2.71 bits per heavy atom. The first-order chi connectivity index (χ1) is 6.57. The van der Waals surface area contributed by atoms with Crippen LogP contribution in [-0.4, -0.2) is 29.5 Å². The molecule has 0 heterocycles. The Morgan fingerprint density at radius 2 is 2.21 bits per heavy atom. The zero-order valence-electron chi connectivity index (χ0n) is 8.36. The largest absolute Gasteiger partial charge is 0.480 e. The first kappa shape index (κ1) is 12.9. The number of aliphatic imine (C=N–C) groups is 1. The summed E-state index contributed by atoms with van der Waals surface area (Å²) in [7, 11) is 0. The number of rotatable bonds is 6. The fourth-order valence-corrected chi connectivity index (χ4v) is 0.892. The van der Waals surface area contributed by atoms with Crippen LogP contribution in [0.25, 0.3) is 0 Å². The second-order valence-electron chi connectivity index (χ2n) is 3.05. The van der Waals surface area contributed by atoms with E-state index < -0.39 is 12.0 Å². The maximum atomic E-state index is 10.3. The lowest BCUT2D eigenvalue weighted by molar-refractivity contribution is -0.138. The molecule has 0 aromatic rings. The van der Waals surface area contributed by atoms with Crippen molar-refractivity contribution in [2.45, 2.75) is 32.2 Å². The molecule has 0 saturated heterocycles. The second-order valence-corrected chi connectivity index (χ2v) is 3.05. The number of nitrogens with zero attached hydrogens (tertiary/aromatic N) is 1. The molecule has 0 aromatic heterocycles. The summed E-state index contributed by atoms with van der Waals surface area (Å²) in [5.74, 6) is 4.82. The van der Waals surface area contributed by atoms with Crippen molar-refractivity contribution in [3.05, 3.63) is 0 Å². The van der Waals surface area contributed by atoms with Gasteiger partial charge in [-0.3, -0.25) is 9.79 Å². The Balaban J connectivity index is 3.43. The minimum Gasteiger partial charge on any atom is -0.480 e. The van der Waals surface area contributed by atoms with Gasteiger partial charge in [-0.1, -0.05) is 0 Å². The van der Waals surface area contributed by atoms with E-state index in [1.54, 1.807) is 6.92 Å². The predicted octanol–water partition coefficient (Wildman–Crippen LogP) is -0.550. The van der Waals surface area contributed by atoms with E-state index in [4.69, 9.17) is 16.7 Å². The first-order valence-electron chi connectivity index (χ1n) is 4.54. The van der Waals surface area contributed by atoms with Crippen molar-refractivity contribution in [2.75, 3.05) is 6.54 Å². The van der Waals surface area contributed by atoms with Crippen molar-refractivity contribution in [2.24, 2.45) is 16.6 Å². The lowest BCUT2D eigenvalue weighted by Gasteiger charge is -2.04. The van der Waals surface area contributed by atoms with E-state index in [0.29, 0.717) is 18.8 Å². The Labute approximate surface area is 83.3 Å². The van der Waals surface area contributed by atoms with Crippen molar-refractivity contribution in [3.63, 3.8) is 0 Å². The van der Waals surface area contributed by atoms with Crippen LogP contribution in [0.2, 0.25) is 0 Å². The quantitative estimate of drug-likeness (QED) is 0.152. The average molecular weight is 202 g/mol. The first-order valence-corrected chi connectivity index (χ1v) is 4.54. The lowest BCUT2D eigenvalue weighted by Crippen LogP contribution is -2.29.